The van der Waals surface area contributed by atoms with Crippen LogP contribution in [0, 0.1) is 3.57 Å². The van der Waals surface area contributed by atoms with Gasteiger partial charge in [0.2, 0.25) is 0 Å². The maximum Gasteiger partial charge on any atom is 0.313 e. The topological polar surface area (TPSA) is 37.3 Å². The van der Waals surface area contributed by atoms with E-state index in [1.54, 1.807) is 32.0 Å². The minimum absolute atomic E-state index is 0.649. The zero-order valence-electron chi connectivity index (χ0n) is 7.84. The van der Waals surface area contributed by atoms with E-state index in [-0.39, 0.29) is 0 Å². The van der Waals surface area contributed by atoms with Crippen molar-refractivity contribution in [2.45, 2.75) is 19.3 Å². The predicted octanol–water partition coefficient (Wildman–Crippen LogP) is 3.31. The number of carboxylic acids is 1. The summed E-state index contributed by atoms with van der Waals surface area (Å²) in [6.07, 6.45) is 0. The van der Waals surface area contributed by atoms with E-state index in [0.717, 1.165) is 9.13 Å². The smallest absolute Gasteiger partial charge is 0.313 e. The van der Waals surface area contributed by atoms with E-state index in [4.69, 9.17) is 16.7 Å². The molecule has 4 heteroatoms. The zero-order valence-corrected chi connectivity index (χ0v) is 10.8. The maximum atomic E-state index is 11.0. The monoisotopic (exact) mass is 324 g/mol. The average Bonchev–Trinajstić information content (AvgIpc) is 2.09. The number of carboxylic acid groups (broad SMARTS) is 1. The fourth-order valence-electron chi connectivity index (χ4n) is 1.01. The molecule has 1 aromatic rings. The lowest BCUT2D eigenvalue weighted by molar-refractivity contribution is -0.142. The van der Waals surface area contributed by atoms with Gasteiger partial charge >= 0.3 is 5.97 Å². The third-order valence-corrected chi connectivity index (χ3v) is 3.72. The fraction of sp³-hybridized carbons (Fsp3) is 0.300. The van der Waals surface area contributed by atoms with Gasteiger partial charge in [0.05, 0.1) is 10.4 Å². The quantitative estimate of drug-likeness (QED) is 0.848. The summed E-state index contributed by atoms with van der Waals surface area (Å²) in [6.45, 7) is 3.35. The van der Waals surface area contributed by atoms with Gasteiger partial charge in [-0.2, -0.15) is 0 Å². The number of carbonyl (C=O) groups is 1. The van der Waals surface area contributed by atoms with Crippen molar-refractivity contribution in [1.29, 1.82) is 0 Å². The Morgan fingerprint density at radius 2 is 2.07 bits per heavy atom. The third-order valence-electron chi connectivity index (χ3n) is 2.18. The minimum Gasteiger partial charge on any atom is -0.481 e. The Morgan fingerprint density at radius 3 is 2.50 bits per heavy atom. The van der Waals surface area contributed by atoms with E-state index in [1.165, 1.54) is 0 Å². The molecule has 0 atom stereocenters. The molecule has 0 aliphatic rings. The van der Waals surface area contributed by atoms with E-state index < -0.39 is 11.4 Å². The molecule has 0 fully saturated rings. The number of hydrogen-bond donors (Lipinski definition) is 1. The van der Waals surface area contributed by atoms with Crippen molar-refractivity contribution < 1.29 is 9.90 Å². The maximum absolute atomic E-state index is 11.0. The van der Waals surface area contributed by atoms with Crippen molar-refractivity contribution in [1.82, 2.24) is 0 Å². The molecule has 14 heavy (non-hydrogen) atoms. The van der Waals surface area contributed by atoms with E-state index >= 15 is 0 Å². The Bertz CT molecular complexity index is 374. The standard InChI is InChI=1S/C10H10ClIO2/c1-10(2,9(13)14)6-3-4-7(11)8(12)5-6/h3-5H,1-2H3,(H,13,14). The first-order valence-corrected chi connectivity index (χ1v) is 5.50. The first kappa shape index (κ1) is 11.8. The van der Waals surface area contributed by atoms with Crippen LogP contribution < -0.4 is 0 Å². The molecule has 1 rings (SSSR count). The number of rotatable bonds is 2. The molecule has 0 aliphatic carbocycles. The van der Waals surface area contributed by atoms with Gasteiger partial charge in [-0.05, 0) is 54.1 Å². The zero-order chi connectivity index (χ0) is 10.9. The summed E-state index contributed by atoms with van der Waals surface area (Å²) >= 11 is 7.94. The molecule has 1 N–H and O–H groups in total. The van der Waals surface area contributed by atoms with Gasteiger partial charge in [0, 0.05) is 3.57 Å². The van der Waals surface area contributed by atoms with Crippen LogP contribution >= 0.6 is 34.2 Å². The summed E-state index contributed by atoms with van der Waals surface area (Å²) in [4.78, 5) is 11.0. The average molecular weight is 325 g/mol. The summed E-state index contributed by atoms with van der Waals surface area (Å²) in [5.41, 5.74) is -0.108. The summed E-state index contributed by atoms with van der Waals surface area (Å²) in [7, 11) is 0. The normalized spacial score (nSPS) is 11.4. The highest BCUT2D eigenvalue weighted by Gasteiger charge is 2.29. The summed E-state index contributed by atoms with van der Waals surface area (Å²) < 4.78 is 0.871. The summed E-state index contributed by atoms with van der Waals surface area (Å²) in [5, 5.41) is 9.67. The molecule has 0 saturated carbocycles. The Hall–Kier alpha value is -0.290. The highest BCUT2D eigenvalue weighted by atomic mass is 127. The van der Waals surface area contributed by atoms with Crippen LogP contribution in [-0.2, 0) is 10.2 Å². The van der Waals surface area contributed by atoms with Crippen molar-refractivity contribution in [3.8, 4) is 0 Å². The molecular formula is C10H10ClIO2. The lowest BCUT2D eigenvalue weighted by Crippen LogP contribution is -2.28. The van der Waals surface area contributed by atoms with Crippen LogP contribution in [0.4, 0.5) is 0 Å². The summed E-state index contributed by atoms with van der Waals surface area (Å²) in [5.74, 6) is -0.837. The van der Waals surface area contributed by atoms with Crippen molar-refractivity contribution in [2.75, 3.05) is 0 Å². The first-order chi connectivity index (χ1) is 6.35. The van der Waals surface area contributed by atoms with Gasteiger partial charge in [-0.3, -0.25) is 4.79 Å². The first-order valence-electron chi connectivity index (χ1n) is 4.04. The molecule has 2 nitrogen and oxygen atoms in total. The molecule has 0 saturated heterocycles. The Kier molecular flexibility index (Phi) is 3.42. The molecule has 76 valence electrons. The molecule has 0 radical (unpaired) electrons. The Morgan fingerprint density at radius 1 is 1.50 bits per heavy atom. The van der Waals surface area contributed by atoms with E-state index in [1.807, 2.05) is 0 Å². The van der Waals surface area contributed by atoms with Crippen LogP contribution in [0.2, 0.25) is 5.02 Å². The van der Waals surface area contributed by atoms with E-state index in [2.05, 4.69) is 22.6 Å². The van der Waals surface area contributed by atoms with Crippen molar-refractivity contribution >= 4 is 40.2 Å². The number of benzene rings is 1. The molecule has 1 aromatic carbocycles. The predicted molar refractivity (Wildman–Crippen MR) is 64.8 cm³/mol. The molecule has 0 amide bonds. The number of aliphatic carboxylic acids is 1. The molecule has 0 bridgehead atoms. The fourth-order valence-corrected chi connectivity index (χ4v) is 1.64. The Balaban J connectivity index is 3.21. The van der Waals surface area contributed by atoms with Crippen LogP contribution in [0.15, 0.2) is 18.2 Å². The van der Waals surface area contributed by atoms with Crippen molar-refractivity contribution in [2.24, 2.45) is 0 Å². The second-order valence-electron chi connectivity index (χ2n) is 3.56. The van der Waals surface area contributed by atoms with Crippen LogP contribution in [0.5, 0.6) is 0 Å². The van der Waals surface area contributed by atoms with Crippen molar-refractivity contribution in [3.05, 3.63) is 32.4 Å². The number of halogens is 2. The summed E-state index contributed by atoms with van der Waals surface area (Å²) in [6, 6.07) is 5.28. The van der Waals surface area contributed by atoms with Gasteiger partial charge in [0.1, 0.15) is 0 Å². The molecule has 0 spiro atoms. The van der Waals surface area contributed by atoms with Crippen molar-refractivity contribution in [3.63, 3.8) is 0 Å². The second kappa shape index (κ2) is 4.06. The second-order valence-corrected chi connectivity index (χ2v) is 5.13. The highest BCUT2D eigenvalue weighted by molar-refractivity contribution is 14.1. The molecule has 0 aromatic heterocycles. The van der Waals surface area contributed by atoms with Crippen LogP contribution in [-0.4, -0.2) is 11.1 Å². The largest absolute Gasteiger partial charge is 0.481 e. The molecular weight excluding hydrogens is 314 g/mol. The molecule has 0 heterocycles. The lowest BCUT2D eigenvalue weighted by atomic mass is 9.85. The van der Waals surface area contributed by atoms with Gasteiger partial charge in [0.15, 0.2) is 0 Å². The van der Waals surface area contributed by atoms with E-state index in [9.17, 15) is 4.79 Å². The van der Waals surface area contributed by atoms with Gasteiger partial charge in [0.25, 0.3) is 0 Å². The molecule has 0 unspecified atom stereocenters. The van der Waals surface area contributed by atoms with Gasteiger partial charge in [-0.15, -0.1) is 0 Å². The van der Waals surface area contributed by atoms with Crippen LogP contribution in [0.1, 0.15) is 19.4 Å². The minimum atomic E-state index is -0.871. The van der Waals surface area contributed by atoms with Gasteiger partial charge < -0.3 is 5.11 Å². The lowest BCUT2D eigenvalue weighted by Gasteiger charge is -2.19. The SMILES string of the molecule is CC(C)(C(=O)O)c1ccc(Cl)c(I)c1. The number of hydrogen-bond acceptors (Lipinski definition) is 1. The Labute approximate surface area is 101 Å². The van der Waals surface area contributed by atoms with Crippen LogP contribution in [0.25, 0.3) is 0 Å². The van der Waals surface area contributed by atoms with E-state index in [0.29, 0.717) is 5.02 Å². The van der Waals surface area contributed by atoms with Gasteiger partial charge in [-0.1, -0.05) is 17.7 Å². The van der Waals surface area contributed by atoms with Crippen LogP contribution in [0.3, 0.4) is 0 Å². The van der Waals surface area contributed by atoms with Gasteiger partial charge in [-0.25, -0.2) is 0 Å². The third kappa shape index (κ3) is 2.20. The highest BCUT2D eigenvalue weighted by Crippen LogP contribution is 2.28. The molecule has 0 aliphatic heterocycles.